The number of likely N-dealkylation sites (tertiary alicyclic amines) is 1. The van der Waals surface area contributed by atoms with Gasteiger partial charge in [-0.3, -0.25) is 9.69 Å². The molecule has 1 amide bonds. The molecule has 1 saturated carbocycles. The molecular weight excluding hydrogens is 226 g/mol. The van der Waals surface area contributed by atoms with Crippen molar-refractivity contribution in [3.05, 3.63) is 0 Å². The van der Waals surface area contributed by atoms with Crippen molar-refractivity contribution in [2.75, 3.05) is 26.2 Å². The highest BCUT2D eigenvalue weighted by molar-refractivity contribution is 5.80. The number of hydrogen-bond acceptors (Lipinski definition) is 3. The van der Waals surface area contributed by atoms with E-state index in [0.717, 1.165) is 38.0 Å². The number of rotatable bonds is 3. The van der Waals surface area contributed by atoms with Gasteiger partial charge in [-0.1, -0.05) is 6.42 Å². The molecule has 3 atom stereocenters. The molecule has 4 nitrogen and oxygen atoms in total. The first-order valence-electron chi connectivity index (χ1n) is 7.50. The maximum absolute atomic E-state index is 11.8. The molecule has 4 heteroatoms. The van der Waals surface area contributed by atoms with Gasteiger partial charge in [-0.2, -0.15) is 0 Å². The molecule has 0 aromatic rings. The molecule has 3 unspecified atom stereocenters. The van der Waals surface area contributed by atoms with Crippen LogP contribution >= 0.6 is 0 Å². The van der Waals surface area contributed by atoms with E-state index >= 15 is 0 Å². The van der Waals surface area contributed by atoms with Crippen LogP contribution in [0.1, 0.15) is 32.1 Å². The van der Waals surface area contributed by atoms with Gasteiger partial charge in [-0.25, -0.2) is 0 Å². The molecule has 2 aliphatic heterocycles. The summed E-state index contributed by atoms with van der Waals surface area (Å²) in [4.78, 5) is 14.2. The van der Waals surface area contributed by atoms with Crippen molar-refractivity contribution in [2.24, 2.45) is 23.5 Å². The molecule has 0 bridgehead atoms. The summed E-state index contributed by atoms with van der Waals surface area (Å²) >= 11 is 0. The Morgan fingerprint density at radius 1 is 1.22 bits per heavy atom. The summed E-state index contributed by atoms with van der Waals surface area (Å²) in [6, 6.07) is 0.0346. The van der Waals surface area contributed by atoms with Crippen molar-refractivity contribution >= 4 is 5.91 Å². The van der Waals surface area contributed by atoms with Crippen molar-refractivity contribution in [3.8, 4) is 0 Å². The van der Waals surface area contributed by atoms with Crippen LogP contribution in [0.15, 0.2) is 0 Å². The van der Waals surface area contributed by atoms with Crippen LogP contribution < -0.4 is 11.1 Å². The molecule has 102 valence electrons. The fourth-order valence-corrected chi connectivity index (χ4v) is 4.37. The Kier molecular flexibility index (Phi) is 3.57. The Morgan fingerprint density at radius 3 is 2.72 bits per heavy atom. The number of fused-ring (bicyclic) bond motifs is 1. The monoisotopic (exact) mass is 251 g/mol. The predicted molar refractivity (Wildman–Crippen MR) is 71.0 cm³/mol. The van der Waals surface area contributed by atoms with Crippen molar-refractivity contribution in [2.45, 2.75) is 38.1 Å². The van der Waals surface area contributed by atoms with Gasteiger partial charge < -0.3 is 11.1 Å². The molecule has 1 aliphatic carbocycles. The van der Waals surface area contributed by atoms with Gasteiger partial charge >= 0.3 is 0 Å². The summed E-state index contributed by atoms with van der Waals surface area (Å²) in [6.07, 6.45) is 6.30. The zero-order valence-corrected chi connectivity index (χ0v) is 11.1. The maximum Gasteiger partial charge on any atom is 0.235 e. The summed E-state index contributed by atoms with van der Waals surface area (Å²) in [5.41, 5.74) is 5.66. The molecular formula is C14H25N3O. The summed E-state index contributed by atoms with van der Waals surface area (Å²) in [6.45, 7) is 4.46. The number of piperidine rings is 1. The second-order valence-electron chi connectivity index (χ2n) is 6.35. The van der Waals surface area contributed by atoms with Crippen LogP contribution in [0.4, 0.5) is 0 Å². The van der Waals surface area contributed by atoms with Crippen LogP contribution in [-0.4, -0.2) is 43.0 Å². The molecule has 3 fully saturated rings. The third kappa shape index (κ3) is 2.28. The van der Waals surface area contributed by atoms with E-state index < -0.39 is 0 Å². The Balaban J connectivity index is 1.65. The van der Waals surface area contributed by atoms with E-state index in [1.807, 2.05) is 0 Å². The summed E-state index contributed by atoms with van der Waals surface area (Å²) < 4.78 is 0. The zero-order valence-electron chi connectivity index (χ0n) is 11.1. The number of amides is 1. The third-order valence-corrected chi connectivity index (χ3v) is 5.23. The van der Waals surface area contributed by atoms with Crippen LogP contribution in [0.5, 0.6) is 0 Å². The molecule has 0 aromatic carbocycles. The first kappa shape index (κ1) is 12.4. The highest BCUT2D eigenvalue weighted by Gasteiger charge is 2.46. The predicted octanol–water partition coefficient (Wildman–Crippen LogP) is 0.572. The van der Waals surface area contributed by atoms with Crippen molar-refractivity contribution in [3.63, 3.8) is 0 Å². The molecule has 0 aromatic heterocycles. The number of carbonyl (C=O) groups is 1. The largest absolute Gasteiger partial charge is 0.368 e. The van der Waals surface area contributed by atoms with Crippen LogP contribution in [0.3, 0.4) is 0 Å². The summed E-state index contributed by atoms with van der Waals surface area (Å²) in [5, 5.41) is 3.40. The Morgan fingerprint density at radius 2 is 2.00 bits per heavy atom. The van der Waals surface area contributed by atoms with E-state index in [4.69, 9.17) is 5.73 Å². The number of hydrogen-bond donors (Lipinski definition) is 2. The lowest BCUT2D eigenvalue weighted by atomic mass is 9.93. The van der Waals surface area contributed by atoms with Crippen molar-refractivity contribution in [1.29, 1.82) is 0 Å². The Bertz CT molecular complexity index is 314. The molecule has 0 radical (unpaired) electrons. The molecule has 3 rings (SSSR count). The molecule has 0 spiro atoms. The quantitative estimate of drug-likeness (QED) is 0.771. The van der Waals surface area contributed by atoms with E-state index in [2.05, 4.69) is 10.2 Å². The molecule has 2 heterocycles. The fraction of sp³-hybridized carbons (Fsp3) is 0.929. The summed E-state index contributed by atoms with van der Waals surface area (Å²) in [5.74, 6) is 1.97. The van der Waals surface area contributed by atoms with Gasteiger partial charge in [0.2, 0.25) is 5.91 Å². The first-order valence-corrected chi connectivity index (χ1v) is 7.50. The van der Waals surface area contributed by atoms with Crippen molar-refractivity contribution < 1.29 is 4.79 Å². The molecule has 2 saturated heterocycles. The van der Waals surface area contributed by atoms with Crippen LogP contribution in [0.25, 0.3) is 0 Å². The summed E-state index contributed by atoms with van der Waals surface area (Å²) in [7, 11) is 0. The van der Waals surface area contributed by atoms with E-state index in [0.29, 0.717) is 5.92 Å². The average molecular weight is 251 g/mol. The van der Waals surface area contributed by atoms with Gasteiger partial charge in [0.05, 0.1) is 6.04 Å². The number of primary amides is 1. The van der Waals surface area contributed by atoms with Gasteiger partial charge in [-0.15, -0.1) is 0 Å². The molecule has 18 heavy (non-hydrogen) atoms. The second-order valence-corrected chi connectivity index (χ2v) is 6.35. The SMILES string of the molecule is NC(=O)C1C2CCCC2CN1CC1CCNCC1. The van der Waals surface area contributed by atoms with E-state index in [-0.39, 0.29) is 11.9 Å². The first-order chi connectivity index (χ1) is 8.75. The minimum absolute atomic E-state index is 0.0346. The van der Waals surface area contributed by atoms with Crippen LogP contribution in [-0.2, 0) is 4.79 Å². The smallest absolute Gasteiger partial charge is 0.235 e. The number of nitrogens with two attached hydrogens (primary N) is 1. The van der Waals surface area contributed by atoms with Crippen LogP contribution in [0.2, 0.25) is 0 Å². The number of carbonyl (C=O) groups excluding carboxylic acids is 1. The third-order valence-electron chi connectivity index (χ3n) is 5.23. The molecule has 3 aliphatic rings. The molecule has 3 N–H and O–H groups in total. The van der Waals surface area contributed by atoms with E-state index in [1.54, 1.807) is 0 Å². The van der Waals surface area contributed by atoms with Gasteiger partial charge in [0.15, 0.2) is 0 Å². The number of nitrogens with one attached hydrogen (secondary N) is 1. The van der Waals surface area contributed by atoms with Gasteiger partial charge in [0.25, 0.3) is 0 Å². The second kappa shape index (κ2) is 5.17. The zero-order chi connectivity index (χ0) is 12.5. The average Bonchev–Trinajstić information content (AvgIpc) is 2.89. The maximum atomic E-state index is 11.8. The number of nitrogens with zero attached hydrogens (tertiary/aromatic N) is 1. The highest BCUT2D eigenvalue weighted by atomic mass is 16.1. The Labute approximate surface area is 109 Å². The minimum atomic E-state index is -0.0849. The fourth-order valence-electron chi connectivity index (χ4n) is 4.37. The van der Waals surface area contributed by atoms with Gasteiger partial charge in [0.1, 0.15) is 0 Å². The Hall–Kier alpha value is -0.610. The lowest BCUT2D eigenvalue weighted by Crippen LogP contribution is -2.46. The van der Waals surface area contributed by atoms with Crippen molar-refractivity contribution in [1.82, 2.24) is 10.2 Å². The lowest BCUT2D eigenvalue weighted by molar-refractivity contribution is -0.123. The van der Waals surface area contributed by atoms with E-state index in [1.165, 1.54) is 32.1 Å². The highest BCUT2D eigenvalue weighted by Crippen LogP contribution is 2.42. The van der Waals surface area contributed by atoms with Gasteiger partial charge in [-0.05, 0) is 56.5 Å². The lowest BCUT2D eigenvalue weighted by Gasteiger charge is -2.31. The normalized spacial score (nSPS) is 37.9. The topological polar surface area (TPSA) is 58.4 Å². The van der Waals surface area contributed by atoms with E-state index in [9.17, 15) is 4.79 Å². The van der Waals surface area contributed by atoms with Crippen LogP contribution in [0, 0.1) is 17.8 Å². The van der Waals surface area contributed by atoms with Gasteiger partial charge in [0, 0.05) is 13.1 Å². The standard InChI is InChI=1S/C14H25N3O/c15-14(18)13-12-3-1-2-11(12)9-17(13)8-10-4-6-16-7-5-10/h10-13,16H,1-9H2,(H2,15,18). The minimum Gasteiger partial charge on any atom is -0.368 e.